The van der Waals surface area contributed by atoms with Crippen molar-refractivity contribution >= 4 is 8.32 Å². The van der Waals surface area contributed by atoms with Crippen LogP contribution < -0.4 is 0 Å². The van der Waals surface area contributed by atoms with Gasteiger partial charge in [0.05, 0.1) is 19.3 Å². The first-order chi connectivity index (χ1) is 14.0. The van der Waals surface area contributed by atoms with Gasteiger partial charge in [-0.1, -0.05) is 55.4 Å². The number of rotatable bonds is 7. The summed E-state index contributed by atoms with van der Waals surface area (Å²) in [5.41, 5.74) is 1.58. The van der Waals surface area contributed by atoms with E-state index in [-0.39, 0.29) is 16.9 Å². The Kier molecular flexibility index (Phi) is 7.22. The molecule has 0 aromatic rings. The first kappa shape index (κ1) is 24.7. The second-order valence-corrected chi connectivity index (χ2v) is 17.2. The maximum atomic E-state index is 11.2. The lowest BCUT2D eigenvalue weighted by molar-refractivity contribution is -0.302. The maximum Gasteiger partial charge on any atom is 0.200 e. The second kappa shape index (κ2) is 8.77. The molecule has 1 aliphatic heterocycles. The van der Waals surface area contributed by atoms with Gasteiger partial charge in [-0.2, -0.15) is 0 Å². The number of aliphatic hydroxyl groups is 1. The van der Waals surface area contributed by atoms with Gasteiger partial charge < -0.3 is 19.0 Å². The first-order valence-electron chi connectivity index (χ1n) is 12.6. The molecule has 176 valence electrons. The van der Waals surface area contributed by atoms with E-state index < -0.39 is 14.1 Å². The molecule has 0 aromatic heterocycles. The van der Waals surface area contributed by atoms with Crippen LogP contribution in [-0.4, -0.2) is 45.1 Å². The van der Waals surface area contributed by atoms with Crippen molar-refractivity contribution < 1.29 is 19.0 Å². The number of hydrogen-bond acceptors (Lipinski definition) is 4. The predicted octanol–water partition coefficient (Wildman–Crippen LogP) is 6.28. The van der Waals surface area contributed by atoms with Crippen molar-refractivity contribution in [1.29, 1.82) is 0 Å². The molecule has 30 heavy (non-hydrogen) atoms. The normalized spacial score (nSPS) is 36.8. The van der Waals surface area contributed by atoms with Gasteiger partial charge in [-0.05, 0) is 60.1 Å². The summed E-state index contributed by atoms with van der Waals surface area (Å²) in [4.78, 5) is 0. The lowest BCUT2D eigenvalue weighted by Gasteiger charge is -2.62. The summed E-state index contributed by atoms with van der Waals surface area (Å²) in [7, 11) is -1.89. The molecule has 4 nitrogen and oxygen atoms in total. The van der Waals surface area contributed by atoms with Crippen LogP contribution in [0.3, 0.4) is 0 Å². The van der Waals surface area contributed by atoms with Gasteiger partial charge in [0.15, 0.2) is 14.1 Å². The molecule has 1 spiro atoms. The molecule has 0 amide bonds. The van der Waals surface area contributed by atoms with Gasteiger partial charge in [0, 0.05) is 18.4 Å². The van der Waals surface area contributed by atoms with E-state index >= 15 is 0 Å². The van der Waals surface area contributed by atoms with Crippen LogP contribution in [-0.2, 0) is 13.9 Å². The van der Waals surface area contributed by atoms with Gasteiger partial charge in [-0.15, -0.1) is 0 Å². The predicted molar refractivity (Wildman–Crippen MR) is 125 cm³/mol. The van der Waals surface area contributed by atoms with Gasteiger partial charge >= 0.3 is 0 Å². The smallest absolute Gasteiger partial charge is 0.200 e. The number of fused-ring (bicyclic) bond motifs is 2. The molecule has 0 bridgehead atoms. The highest BCUT2D eigenvalue weighted by Gasteiger charge is 2.65. The van der Waals surface area contributed by atoms with Crippen molar-refractivity contribution in [2.75, 3.05) is 19.8 Å². The zero-order valence-electron chi connectivity index (χ0n) is 20.9. The molecule has 0 aromatic carbocycles. The zero-order chi connectivity index (χ0) is 22.4. The largest absolute Gasteiger partial charge is 0.416 e. The molecule has 1 saturated heterocycles. The molecule has 5 heteroatoms. The van der Waals surface area contributed by atoms with Gasteiger partial charge in [-0.25, -0.2) is 0 Å². The molecule has 1 N–H and O–H groups in total. The average Bonchev–Trinajstić information content (AvgIpc) is 3.13. The fraction of sp³-hybridized carbons (Fsp3) is 1.00. The van der Waals surface area contributed by atoms with Crippen LogP contribution in [0.15, 0.2) is 0 Å². The summed E-state index contributed by atoms with van der Waals surface area (Å²) < 4.78 is 19.5. The minimum atomic E-state index is -1.89. The zero-order valence-corrected chi connectivity index (χ0v) is 21.9. The van der Waals surface area contributed by atoms with E-state index in [0.717, 1.165) is 45.1 Å². The summed E-state index contributed by atoms with van der Waals surface area (Å²) in [5, 5.41) is 11.2. The van der Waals surface area contributed by atoms with Crippen molar-refractivity contribution in [1.82, 2.24) is 0 Å². The van der Waals surface area contributed by atoms with Crippen LogP contribution in [0.2, 0.25) is 16.6 Å². The number of aliphatic hydroxyl groups excluding tert-OH is 1. The van der Waals surface area contributed by atoms with Crippen LogP contribution in [0.5, 0.6) is 0 Å². The van der Waals surface area contributed by atoms with Gasteiger partial charge in [0.1, 0.15) is 0 Å². The molecular weight excluding hydrogens is 392 g/mol. The van der Waals surface area contributed by atoms with Crippen molar-refractivity contribution in [3.8, 4) is 0 Å². The summed E-state index contributed by atoms with van der Waals surface area (Å²) in [6, 6.07) is 0. The van der Waals surface area contributed by atoms with Crippen molar-refractivity contribution in [3.05, 3.63) is 0 Å². The third-order valence-electron chi connectivity index (χ3n) is 9.59. The summed E-state index contributed by atoms with van der Waals surface area (Å²) in [6.07, 6.45) is 5.73. The maximum absolute atomic E-state index is 11.2. The van der Waals surface area contributed by atoms with E-state index in [0.29, 0.717) is 35.8 Å². The standard InChI is InChI=1S/C25H48O4Si/c1-18(2)30(19(3)4,20(5)6)29-15-14-23(7)21-10-9-12-25(27-16-17-28-25)24(21,8)13-11-22(23)26/h18-22,26H,9-17H2,1-8H3/t21-,22+,23-,24-/m1/s1. The van der Waals surface area contributed by atoms with E-state index in [1.165, 1.54) is 0 Å². The third-order valence-corrected chi connectivity index (χ3v) is 15.7. The molecule has 3 aliphatic rings. The van der Waals surface area contributed by atoms with Crippen molar-refractivity contribution in [2.45, 2.75) is 122 Å². The molecular formula is C25H48O4Si. The topological polar surface area (TPSA) is 47.9 Å². The van der Waals surface area contributed by atoms with E-state index in [9.17, 15) is 5.11 Å². The van der Waals surface area contributed by atoms with Crippen molar-refractivity contribution in [2.24, 2.45) is 16.7 Å². The Bertz CT molecular complexity index is 564. The summed E-state index contributed by atoms with van der Waals surface area (Å²) in [6.45, 7) is 20.9. The Balaban J connectivity index is 1.82. The Labute approximate surface area is 186 Å². The van der Waals surface area contributed by atoms with E-state index in [2.05, 4.69) is 55.4 Å². The third kappa shape index (κ3) is 3.65. The minimum absolute atomic E-state index is 0.0294. The molecule has 1 heterocycles. The Morgan fingerprint density at radius 1 is 0.933 bits per heavy atom. The average molecular weight is 441 g/mol. The van der Waals surface area contributed by atoms with Gasteiger partial charge in [-0.3, -0.25) is 0 Å². The van der Waals surface area contributed by atoms with Crippen molar-refractivity contribution in [3.63, 3.8) is 0 Å². The minimum Gasteiger partial charge on any atom is -0.416 e. The second-order valence-electron chi connectivity index (χ2n) is 11.8. The molecule has 4 atom stereocenters. The molecule has 2 aliphatic carbocycles. The fourth-order valence-corrected chi connectivity index (χ4v) is 13.5. The van der Waals surface area contributed by atoms with Gasteiger partial charge in [0.2, 0.25) is 0 Å². The van der Waals surface area contributed by atoms with E-state index in [4.69, 9.17) is 13.9 Å². The molecule has 3 rings (SSSR count). The first-order valence-corrected chi connectivity index (χ1v) is 14.7. The fourth-order valence-electron chi connectivity index (χ4n) is 8.05. The van der Waals surface area contributed by atoms with Crippen LogP contribution in [0.25, 0.3) is 0 Å². The summed E-state index contributed by atoms with van der Waals surface area (Å²) >= 11 is 0. The summed E-state index contributed by atoms with van der Waals surface area (Å²) in [5.74, 6) is -0.0396. The van der Waals surface area contributed by atoms with Crippen LogP contribution in [0.1, 0.15) is 93.9 Å². The Morgan fingerprint density at radius 2 is 1.50 bits per heavy atom. The molecule has 2 saturated carbocycles. The monoisotopic (exact) mass is 440 g/mol. The number of hydrogen-bond donors (Lipinski definition) is 1. The SMILES string of the molecule is CC(C)[Si](OCC[C@]1(C)[C@H]2CCCC3(OCCO3)[C@]2(C)CC[C@@H]1O)(C(C)C)C(C)C. The molecule has 0 radical (unpaired) electrons. The van der Waals surface area contributed by atoms with Crippen LogP contribution >= 0.6 is 0 Å². The Morgan fingerprint density at radius 3 is 2.03 bits per heavy atom. The molecule has 3 fully saturated rings. The highest BCUT2D eigenvalue weighted by molar-refractivity contribution is 6.77. The highest BCUT2D eigenvalue weighted by atomic mass is 28.4. The lowest BCUT2D eigenvalue weighted by atomic mass is 9.47. The highest BCUT2D eigenvalue weighted by Crippen LogP contribution is 2.64. The molecule has 0 unspecified atom stereocenters. The van der Waals surface area contributed by atoms with E-state index in [1.807, 2.05) is 0 Å². The quantitative estimate of drug-likeness (QED) is 0.473. The van der Waals surface area contributed by atoms with Crippen LogP contribution in [0, 0.1) is 16.7 Å². The van der Waals surface area contributed by atoms with Crippen LogP contribution in [0.4, 0.5) is 0 Å². The van der Waals surface area contributed by atoms with E-state index in [1.54, 1.807) is 0 Å². The lowest BCUT2D eigenvalue weighted by Crippen LogP contribution is -2.63. The Hall–Kier alpha value is 0.0569. The van der Waals surface area contributed by atoms with Gasteiger partial charge in [0.25, 0.3) is 0 Å². The number of ether oxygens (including phenoxy) is 2.